The highest BCUT2D eigenvalue weighted by atomic mass is 14.7. The minimum Gasteiger partial charge on any atom is -0.0628 e. The summed E-state index contributed by atoms with van der Waals surface area (Å²) in [5, 5.41) is 0. The van der Waals surface area contributed by atoms with Crippen LogP contribution in [0.5, 0.6) is 0 Å². The van der Waals surface area contributed by atoms with E-state index >= 15 is 0 Å². The second-order valence-electron chi connectivity index (χ2n) is 14.7. The van der Waals surface area contributed by atoms with E-state index in [9.17, 15) is 0 Å². The lowest BCUT2D eigenvalue weighted by molar-refractivity contribution is -0.227. The van der Waals surface area contributed by atoms with Crippen LogP contribution in [-0.2, 0) is 0 Å². The molecule has 0 amide bonds. The van der Waals surface area contributed by atoms with Crippen LogP contribution in [0.1, 0.15) is 139 Å². The van der Waals surface area contributed by atoms with Crippen molar-refractivity contribution in [1.29, 1.82) is 0 Å². The molecule has 0 aromatic heterocycles. The summed E-state index contributed by atoms with van der Waals surface area (Å²) in [5.74, 6) is 3.74. The van der Waals surface area contributed by atoms with E-state index in [0.717, 1.165) is 23.7 Å². The number of fused-ring (bicyclic) bond motifs is 5. The molecule has 0 aliphatic heterocycles. The molecule has 0 aromatic rings. The number of hydrogen-bond acceptors (Lipinski definition) is 0. The van der Waals surface area contributed by atoms with Crippen LogP contribution in [0.2, 0.25) is 0 Å². The second-order valence-corrected chi connectivity index (χ2v) is 14.7. The normalized spacial score (nSPS) is 53.7. The van der Waals surface area contributed by atoms with E-state index in [1.807, 2.05) is 0 Å². The summed E-state index contributed by atoms with van der Waals surface area (Å²) in [4.78, 5) is 0. The maximum atomic E-state index is 2.78. The van der Waals surface area contributed by atoms with Gasteiger partial charge in [-0.2, -0.15) is 0 Å². The average molecular weight is 415 g/mol. The Labute approximate surface area is 189 Å². The van der Waals surface area contributed by atoms with E-state index in [2.05, 4.69) is 55.4 Å². The lowest BCUT2D eigenvalue weighted by atomic mass is 9.33. The summed E-state index contributed by atoms with van der Waals surface area (Å²) < 4.78 is 0. The smallest absolute Gasteiger partial charge is 0.0238 e. The van der Waals surface area contributed by atoms with E-state index in [4.69, 9.17) is 0 Å². The summed E-state index contributed by atoms with van der Waals surface area (Å²) >= 11 is 0. The molecule has 0 unspecified atom stereocenters. The zero-order valence-corrected chi connectivity index (χ0v) is 22.0. The summed E-state index contributed by atoms with van der Waals surface area (Å²) in [6, 6.07) is 0. The fourth-order valence-corrected chi connectivity index (χ4v) is 10.3. The van der Waals surface area contributed by atoms with Crippen molar-refractivity contribution < 1.29 is 0 Å². The third-order valence-corrected chi connectivity index (χ3v) is 12.6. The molecular weight excluding hydrogens is 360 g/mol. The molecule has 0 bridgehead atoms. The fourth-order valence-electron chi connectivity index (χ4n) is 10.3. The van der Waals surface area contributed by atoms with Crippen molar-refractivity contribution in [2.45, 2.75) is 139 Å². The SMILES string of the molecule is CC(C)CCC[C@]1(C)CC[C@]2(C)[C@H]3CC[C@@]4(C)[C@@H](CCC[C@@H]4C)[C@]3(C)CC[C@@]2(C)C1. The molecule has 8 atom stereocenters. The minimum atomic E-state index is 0.566. The lowest BCUT2D eigenvalue weighted by Crippen LogP contribution is -2.64. The molecule has 4 aliphatic rings. The topological polar surface area (TPSA) is 0 Å². The van der Waals surface area contributed by atoms with Gasteiger partial charge in [0, 0.05) is 0 Å². The van der Waals surface area contributed by atoms with E-state index < -0.39 is 0 Å². The van der Waals surface area contributed by atoms with Gasteiger partial charge < -0.3 is 0 Å². The second kappa shape index (κ2) is 7.52. The summed E-state index contributed by atoms with van der Waals surface area (Å²) in [5.41, 5.74) is 2.95. The molecule has 0 saturated heterocycles. The third kappa shape index (κ3) is 3.36. The van der Waals surface area contributed by atoms with Gasteiger partial charge in [-0.15, -0.1) is 0 Å². The first kappa shape index (κ1) is 23.2. The van der Waals surface area contributed by atoms with Crippen molar-refractivity contribution in [3.8, 4) is 0 Å². The first-order valence-corrected chi connectivity index (χ1v) is 13.9. The molecule has 0 N–H and O–H groups in total. The standard InChI is InChI=1S/C30H54/c1-22(2)11-10-15-26(4)17-20-30(8)25-14-16-28(6)23(3)12-9-13-24(28)29(25,7)19-18-27(30,5)21-26/h22-25H,9-21H2,1-8H3/t23-,24+,25-,26+,27-,28+,29-,30+/m0/s1. The highest BCUT2D eigenvalue weighted by molar-refractivity contribution is 5.16. The van der Waals surface area contributed by atoms with E-state index in [-0.39, 0.29) is 0 Å². The van der Waals surface area contributed by atoms with Crippen LogP contribution in [0.4, 0.5) is 0 Å². The van der Waals surface area contributed by atoms with E-state index in [1.165, 1.54) is 83.5 Å². The monoisotopic (exact) mass is 414 g/mol. The predicted octanol–water partition coefficient (Wildman–Crippen LogP) is 9.67. The average Bonchev–Trinajstić information content (AvgIpc) is 2.65. The summed E-state index contributed by atoms with van der Waals surface area (Å²) in [7, 11) is 0. The van der Waals surface area contributed by atoms with Gasteiger partial charge in [-0.05, 0) is 109 Å². The Kier molecular flexibility index (Phi) is 5.80. The first-order valence-electron chi connectivity index (χ1n) is 13.9. The van der Waals surface area contributed by atoms with Gasteiger partial charge in [-0.1, -0.05) is 81.1 Å². The predicted molar refractivity (Wildman–Crippen MR) is 132 cm³/mol. The molecule has 4 aliphatic carbocycles. The van der Waals surface area contributed by atoms with Crippen LogP contribution in [0.3, 0.4) is 0 Å². The van der Waals surface area contributed by atoms with Gasteiger partial charge in [0.25, 0.3) is 0 Å². The molecule has 4 fully saturated rings. The van der Waals surface area contributed by atoms with Crippen LogP contribution in [0.15, 0.2) is 0 Å². The van der Waals surface area contributed by atoms with Gasteiger partial charge in [0.1, 0.15) is 0 Å². The molecule has 4 saturated carbocycles. The molecule has 0 radical (unpaired) electrons. The van der Waals surface area contributed by atoms with Crippen molar-refractivity contribution in [2.75, 3.05) is 0 Å². The van der Waals surface area contributed by atoms with Crippen molar-refractivity contribution in [2.24, 2.45) is 50.7 Å². The Morgan fingerprint density at radius 1 is 0.767 bits per heavy atom. The molecule has 0 nitrogen and oxygen atoms in total. The molecule has 0 aromatic carbocycles. The highest BCUT2D eigenvalue weighted by Crippen LogP contribution is 2.75. The molecular formula is C30H54. The third-order valence-electron chi connectivity index (χ3n) is 12.6. The Morgan fingerprint density at radius 2 is 1.50 bits per heavy atom. The minimum absolute atomic E-state index is 0.566. The zero-order chi connectivity index (χ0) is 22.0. The van der Waals surface area contributed by atoms with Gasteiger partial charge in [-0.3, -0.25) is 0 Å². The van der Waals surface area contributed by atoms with Crippen LogP contribution in [0, 0.1) is 50.7 Å². The van der Waals surface area contributed by atoms with Crippen molar-refractivity contribution in [3.63, 3.8) is 0 Å². The molecule has 0 heterocycles. The fraction of sp³-hybridized carbons (Fsp3) is 1.00. The highest BCUT2D eigenvalue weighted by Gasteiger charge is 2.67. The van der Waals surface area contributed by atoms with Crippen molar-refractivity contribution in [1.82, 2.24) is 0 Å². The summed E-state index contributed by atoms with van der Waals surface area (Å²) in [6.07, 6.45) is 19.4. The quantitative estimate of drug-likeness (QED) is 0.429. The van der Waals surface area contributed by atoms with Crippen LogP contribution in [0.25, 0.3) is 0 Å². The molecule has 0 heteroatoms. The maximum absolute atomic E-state index is 2.78. The number of hydrogen-bond donors (Lipinski definition) is 0. The Hall–Kier alpha value is 0. The first-order chi connectivity index (χ1) is 13.9. The Bertz CT molecular complexity index is 634. The molecule has 4 rings (SSSR count). The lowest BCUT2D eigenvalue weighted by Gasteiger charge is -2.72. The largest absolute Gasteiger partial charge is 0.0628 e. The van der Waals surface area contributed by atoms with Gasteiger partial charge in [0.15, 0.2) is 0 Å². The van der Waals surface area contributed by atoms with Crippen LogP contribution >= 0.6 is 0 Å². The Balaban J connectivity index is 1.58. The molecule has 174 valence electrons. The summed E-state index contributed by atoms with van der Waals surface area (Å²) in [6.45, 7) is 21.0. The van der Waals surface area contributed by atoms with Gasteiger partial charge in [-0.25, -0.2) is 0 Å². The van der Waals surface area contributed by atoms with Crippen LogP contribution in [-0.4, -0.2) is 0 Å². The molecule has 0 spiro atoms. The zero-order valence-electron chi connectivity index (χ0n) is 22.0. The van der Waals surface area contributed by atoms with E-state index in [1.54, 1.807) is 0 Å². The van der Waals surface area contributed by atoms with Gasteiger partial charge >= 0.3 is 0 Å². The maximum Gasteiger partial charge on any atom is -0.0238 e. The van der Waals surface area contributed by atoms with Crippen molar-refractivity contribution in [3.05, 3.63) is 0 Å². The molecule has 30 heavy (non-hydrogen) atoms. The van der Waals surface area contributed by atoms with E-state index in [0.29, 0.717) is 27.1 Å². The van der Waals surface area contributed by atoms with Gasteiger partial charge in [0.05, 0.1) is 0 Å². The van der Waals surface area contributed by atoms with Crippen LogP contribution < -0.4 is 0 Å². The van der Waals surface area contributed by atoms with Gasteiger partial charge in [0.2, 0.25) is 0 Å². The Morgan fingerprint density at radius 3 is 2.20 bits per heavy atom. The van der Waals surface area contributed by atoms with Crippen molar-refractivity contribution >= 4 is 0 Å². The number of rotatable bonds is 4.